The van der Waals surface area contributed by atoms with Gasteiger partial charge >= 0.3 is 0 Å². The fraction of sp³-hybridized carbons (Fsp3) is 0.286. The van der Waals surface area contributed by atoms with Crippen molar-refractivity contribution in [3.8, 4) is 5.75 Å². The van der Waals surface area contributed by atoms with Crippen LogP contribution in [0.2, 0.25) is 10.0 Å². The second-order valence-corrected chi connectivity index (χ2v) is 10.3. The maximum Gasteiger partial charge on any atom is 0.261 e. The van der Waals surface area contributed by atoms with Crippen LogP contribution in [0, 0.1) is 0 Å². The predicted molar refractivity (Wildman–Crippen MR) is 148 cm³/mol. The summed E-state index contributed by atoms with van der Waals surface area (Å²) in [5, 5.41) is 4.20. The van der Waals surface area contributed by atoms with Gasteiger partial charge in [-0.3, -0.25) is 9.59 Å². The molecule has 3 rings (SSSR count). The molecule has 5 nitrogen and oxygen atoms in total. The zero-order valence-corrected chi connectivity index (χ0v) is 23.3. The van der Waals surface area contributed by atoms with Crippen LogP contribution >= 0.6 is 39.1 Å². The van der Waals surface area contributed by atoms with E-state index in [2.05, 4.69) is 21.2 Å². The molecule has 0 bridgehead atoms. The first-order valence-electron chi connectivity index (χ1n) is 11.7. The number of hydrogen-bond donors (Lipinski definition) is 1. The molecule has 0 aliphatic heterocycles. The largest absolute Gasteiger partial charge is 0.483 e. The van der Waals surface area contributed by atoms with Gasteiger partial charge in [0.25, 0.3) is 5.91 Å². The molecule has 0 radical (unpaired) electrons. The molecule has 8 heteroatoms. The Kier molecular flexibility index (Phi) is 10.7. The first-order valence-corrected chi connectivity index (χ1v) is 13.3. The van der Waals surface area contributed by atoms with Gasteiger partial charge in [0.1, 0.15) is 11.8 Å². The van der Waals surface area contributed by atoms with Crippen LogP contribution < -0.4 is 10.1 Å². The fourth-order valence-corrected chi connectivity index (χ4v) is 4.52. The van der Waals surface area contributed by atoms with Crippen molar-refractivity contribution in [3.05, 3.63) is 98.4 Å². The normalized spacial score (nSPS) is 12.5. The van der Waals surface area contributed by atoms with Gasteiger partial charge in [0.05, 0.1) is 4.47 Å². The van der Waals surface area contributed by atoms with Crippen LogP contribution in [-0.4, -0.2) is 35.4 Å². The molecule has 0 aliphatic rings. The van der Waals surface area contributed by atoms with E-state index in [4.69, 9.17) is 27.9 Å². The van der Waals surface area contributed by atoms with Gasteiger partial charge in [0.2, 0.25) is 5.91 Å². The zero-order valence-electron chi connectivity index (χ0n) is 20.2. The highest BCUT2D eigenvalue weighted by Crippen LogP contribution is 2.28. The molecular formula is C28H29BrCl2N2O3. The van der Waals surface area contributed by atoms with Gasteiger partial charge in [-0.25, -0.2) is 0 Å². The number of benzene rings is 3. The maximum absolute atomic E-state index is 13.6. The smallest absolute Gasteiger partial charge is 0.261 e. The summed E-state index contributed by atoms with van der Waals surface area (Å²) in [6.07, 6.45) is 1.15. The third-order valence-corrected chi connectivity index (χ3v) is 6.89. The van der Waals surface area contributed by atoms with Crippen molar-refractivity contribution < 1.29 is 14.3 Å². The monoisotopic (exact) mass is 590 g/mol. The quantitative estimate of drug-likeness (QED) is 0.270. The lowest BCUT2D eigenvalue weighted by Gasteiger charge is -2.32. The Bertz CT molecular complexity index is 1160. The van der Waals surface area contributed by atoms with Crippen molar-refractivity contribution in [2.45, 2.75) is 45.3 Å². The van der Waals surface area contributed by atoms with E-state index in [1.165, 1.54) is 0 Å². The van der Waals surface area contributed by atoms with Crippen molar-refractivity contribution in [1.29, 1.82) is 0 Å². The third-order valence-electron chi connectivity index (χ3n) is 5.78. The van der Waals surface area contributed by atoms with E-state index in [9.17, 15) is 9.59 Å². The van der Waals surface area contributed by atoms with Crippen molar-refractivity contribution >= 4 is 50.9 Å². The second-order valence-electron chi connectivity index (χ2n) is 8.53. The Morgan fingerprint density at radius 3 is 2.28 bits per heavy atom. The second kappa shape index (κ2) is 13.7. The molecule has 0 aromatic heterocycles. The molecule has 0 aliphatic carbocycles. The van der Waals surface area contributed by atoms with Crippen LogP contribution in [0.3, 0.4) is 0 Å². The number of amides is 2. The highest BCUT2D eigenvalue weighted by Gasteiger charge is 2.31. The highest BCUT2D eigenvalue weighted by molar-refractivity contribution is 9.10. The first-order chi connectivity index (χ1) is 17.3. The van der Waals surface area contributed by atoms with Gasteiger partial charge in [-0.2, -0.15) is 0 Å². The molecular weight excluding hydrogens is 563 g/mol. The number of rotatable bonds is 11. The summed E-state index contributed by atoms with van der Waals surface area (Å²) < 4.78 is 6.47. The van der Waals surface area contributed by atoms with E-state index in [0.717, 1.165) is 17.5 Å². The summed E-state index contributed by atoms with van der Waals surface area (Å²) in [5.41, 5.74) is 1.81. The molecule has 2 atom stereocenters. The number of nitrogens with one attached hydrogen (secondary N) is 1. The SMILES string of the molecule is CC[C@@H](C)NC(=O)[C@@H](Cc1ccccc1)N(Cc1ccc(Cl)cc1)C(=O)COc1ccc(Cl)cc1Br. The number of ether oxygens (including phenoxy) is 1. The fourth-order valence-electron chi connectivity index (χ4n) is 3.60. The van der Waals surface area contributed by atoms with Crippen LogP contribution in [0.4, 0.5) is 0 Å². The summed E-state index contributed by atoms with van der Waals surface area (Å²) in [7, 11) is 0. The Labute approximate surface area is 230 Å². The van der Waals surface area contributed by atoms with Crippen molar-refractivity contribution in [3.63, 3.8) is 0 Å². The lowest BCUT2D eigenvalue weighted by Crippen LogP contribution is -2.53. The third kappa shape index (κ3) is 8.26. The van der Waals surface area contributed by atoms with Crippen molar-refractivity contribution in [2.24, 2.45) is 0 Å². The molecule has 2 amide bonds. The summed E-state index contributed by atoms with van der Waals surface area (Å²) in [5.74, 6) is -0.0296. The minimum absolute atomic E-state index is 0.0236. The standard InChI is InChI=1S/C28H29BrCl2N2O3/c1-3-19(2)32-28(35)25(15-20-7-5-4-6-8-20)33(17-21-9-11-22(30)12-10-21)27(34)18-36-26-14-13-23(31)16-24(26)29/h4-14,16,19,25H,3,15,17-18H2,1-2H3,(H,32,35)/t19-,25-/m1/s1. The van der Waals surface area contributed by atoms with Crippen molar-refractivity contribution in [1.82, 2.24) is 10.2 Å². The van der Waals surface area contributed by atoms with E-state index in [0.29, 0.717) is 26.7 Å². The van der Waals surface area contributed by atoms with Gasteiger partial charge in [0, 0.05) is 29.1 Å². The van der Waals surface area contributed by atoms with E-state index in [1.54, 1.807) is 35.2 Å². The van der Waals surface area contributed by atoms with Crippen LogP contribution in [0.5, 0.6) is 5.75 Å². The average molecular weight is 592 g/mol. The molecule has 3 aromatic rings. The Morgan fingerprint density at radius 2 is 1.64 bits per heavy atom. The molecule has 190 valence electrons. The number of nitrogens with zero attached hydrogens (tertiary/aromatic N) is 1. The summed E-state index contributed by atoms with van der Waals surface area (Å²) in [6.45, 7) is 3.94. The van der Waals surface area contributed by atoms with Gasteiger partial charge in [-0.05, 0) is 70.7 Å². The number of halogens is 3. The molecule has 36 heavy (non-hydrogen) atoms. The summed E-state index contributed by atoms with van der Waals surface area (Å²) in [6, 6.07) is 21.2. The number of carbonyl (C=O) groups is 2. The Morgan fingerprint density at radius 1 is 0.972 bits per heavy atom. The first kappa shape index (κ1) is 28.0. The van der Waals surface area contributed by atoms with E-state index in [1.807, 2.05) is 56.3 Å². The summed E-state index contributed by atoms with van der Waals surface area (Å²) in [4.78, 5) is 28.7. The van der Waals surface area contributed by atoms with Crippen LogP contribution in [0.25, 0.3) is 0 Å². The molecule has 0 fully saturated rings. The topological polar surface area (TPSA) is 58.6 Å². The van der Waals surface area contributed by atoms with Gasteiger partial charge < -0.3 is 15.0 Å². The van der Waals surface area contributed by atoms with Crippen molar-refractivity contribution in [2.75, 3.05) is 6.61 Å². The lowest BCUT2D eigenvalue weighted by atomic mass is 10.0. The van der Waals surface area contributed by atoms with Gasteiger partial charge in [0.15, 0.2) is 6.61 Å². The zero-order chi connectivity index (χ0) is 26.1. The molecule has 0 spiro atoms. The highest BCUT2D eigenvalue weighted by atomic mass is 79.9. The molecule has 3 aromatic carbocycles. The molecule has 0 unspecified atom stereocenters. The van der Waals surface area contributed by atoms with Crippen LogP contribution in [-0.2, 0) is 22.6 Å². The molecule has 0 saturated heterocycles. The molecule has 0 heterocycles. The van der Waals surface area contributed by atoms with Gasteiger partial charge in [-0.1, -0.05) is 72.6 Å². The van der Waals surface area contributed by atoms with Crippen LogP contribution in [0.1, 0.15) is 31.4 Å². The van der Waals surface area contributed by atoms with E-state index in [-0.39, 0.29) is 31.0 Å². The minimum Gasteiger partial charge on any atom is -0.483 e. The van der Waals surface area contributed by atoms with Crippen LogP contribution in [0.15, 0.2) is 77.3 Å². The number of carbonyl (C=O) groups excluding carboxylic acids is 2. The van der Waals surface area contributed by atoms with E-state index >= 15 is 0 Å². The predicted octanol–water partition coefficient (Wildman–Crippen LogP) is 6.69. The molecule has 1 N–H and O–H groups in total. The lowest BCUT2D eigenvalue weighted by molar-refractivity contribution is -0.143. The Hall–Kier alpha value is -2.54. The minimum atomic E-state index is -0.734. The molecule has 0 saturated carbocycles. The number of hydrogen-bond acceptors (Lipinski definition) is 3. The van der Waals surface area contributed by atoms with Gasteiger partial charge in [-0.15, -0.1) is 0 Å². The summed E-state index contributed by atoms with van der Waals surface area (Å²) >= 11 is 15.5. The van der Waals surface area contributed by atoms with E-state index < -0.39 is 6.04 Å². The average Bonchev–Trinajstić information content (AvgIpc) is 2.87. The maximum atomic E-state index is 13.6. The Balaban J connectivity index is 1.91.